The predicted octanol–water partition coefficient (Wildman–Crippen LogP) is 9.18. The fourth-order valence-corrected chi connectivity index (χ4v) is 9.69. The second-order valence-corrected chi connectivity index (χ2v) is 18.0. The molecule has 4 saturated heterocycles. The van der Waals surface area contributed by atoms with Crippen LogP contribution in [0, 0.1) is 27.7 Å². The minimum atomic E-state index is -0.875. The third-order valence-electron chi connectivity index (χ3n) is 13.1. The molecule has 4 aliphatic rings. The summed E-state index contributed by atoms with van der Waals surface area (Å²) in [5.41, 5.74) is 12.4. The number of nitrogens with one attached hydrogen (secondary N) is 3. The Hall–Kier alpha value is -6.16. The lowest BCUT2D eigenvalue weighted by molar-refractivity contribution is -0.0328. The molecule has 0 saturated carbocycles. The monoisotopic (exact) mass is 921 g/mol. The number of carbonyl (C=O) groups excluding carboxylic acids is 3. The zero-order valence-electron chi connectivity index (χ0n) is 39.7. The first-order valence-electron chi connectivity index (χ1n) is 23.3. The SMILES string of the molecule is COc1ccc(C)cc1NC(=O)OC1CC2CCCC(C1)N2CN.COc1ccc(C)cc1NC(=O)OC1CC2CCCC(C1)N2CNC(=O)c1ccc(C)cc1.Cc1ccc(C(=O)O)cc1. The number of rotatable bonds is 11. The highest BCUT2D eigenvalue weighted by Crippen LogP contribution is 2.37. The van der Waals surface area contributed by atoms with E-state index < -0.39 is 18.2 Å². The first-order valence-corrected chi connectivity index (χ1v) is 23.3. The summed E-state index contributed by atoms with van der Waals surface area (Å²) in [6.07, 6.45) is 9.01. The van der Waals surface area contributed by atoms with Crippen molar-refractivity contribution in [2.24, 2.45) is 5.73 Å². The Balaban J connectivity index is 0.000000189. The molecule has 4 aromatic carbocycles. The van der Waals surface area contributed by atoms with E-state index in [-0.39, 0.29) is 18.1 Å². The molecule has 6 N–H and O–H groups in total. The molecule has 0 aromatic heterocycles. The summed E-state index contributed by atoms with van der Waals surface area (Å²) in [7, 11) is 3.17. The van der Waals surface area contributed by atoms with E-state index in [0.29, 0.717) is 71.5 Å². The maximum absolute atomic E-state index is 12.6. The number of aryl methyl sites for hydroxylation is 4. The number of carboxylic acids is 1. The van der Waals surface area contributed by atoms with Gasteiger partial charge in [-0.15, -0.1) is 0 Å². The van der Waals surface area contributed by atoms with Crippen LogP contribution in [0.2, 0.25) is 0 Å². The number of nitrogens with two attached hydrogens (primary N) is 1. The zero-order chi connectivity index (χ0) is 48.0. The average Bonchev–Trinajstić information content (AvgIpc) is 3.29. The fraction of sp³-hybridized carbons (Fsp3) is 0.462. The number of methoxy groups -OCH3 is 2. The zero-order valence-corrected chi connectivity index (χ0v) is 39.7. The van der Waals surface area contributed by atoms with Crippen molar-refractivity contribution < 1.29 is 43.2 Å². The summed E-state index contributed by atoms with van der Waals surface area (Å²) in [5, 5.41) is 17.2. The molecule has 4 heterocycles. The third kappa shape index (κ3) is 14.2. The highest BCUT2D eigenvalue weighted by atomic mass is 16.6. The molecule has 8 rings (SSSR count). The molecule has 15 heteroatoms. The van der Waals surface area contributed by atoms with Crippen LogP contribution in [0.1, 0.15) is 107 Å². The van der Waals surface area contributed by atoms with Gasteiger partial charge in [0, 0.05) is 62.1 Å². The Labute approximate surface area is 394 Å². The summed E-state index contributed by atoms with van der Waals surface area (Å²) in [5.74, 6) is 0.304. The van der Waals surface area contributed by atoms with E-state index in [4.69, 9.17) is 29.8 Å². The molecule has 4 fully saturated rings. The van der Waals surface area contributed by atoms with Gasteiger partial charge in [0.05, 0.1) is 37.8 Å². The highest BCUT2D eigenvalue weighted by Gasteiger charge is 2.41. The molecule has 4 atom stereocenters. The number of carbonyl (C=O) groups is 4. The molecule has 0 spiro atoms. The Morgan fingerprint density at radius 1 is 0.582 bits per heavy atom. The lowest BCUT2D eigenvalue weighted by Crippen LogP contribution is -2.57. The number of ether oxygens (including phenoxy) is 4. The predicted molar refractivity (Wildman–Crippen MR) is 259 cm³/mol. The van der Waals surface area contributed by atoms with Crippen LogP contribution >= 0.6 is 0 Å². The molecular weight excluding hydrogens is 853 g/mol. The van der Waals surface area contributed by atoms with E-state index >= 15 is 0 Å². The van der Waals surface area contributed by atoms with Crippen LogP contribution < -0.4 is 31.2 Å². The fourth-order valence-electron chi connectivity index (χ4n) is 9.69. The highest BCUT2D eigenvalue weighted by molar-refractivity contribution is 5.94. The number of hydrogen-bond acceptors (Lipinski definition) is 11. The second kappa shape index (κ2) is 24.0. The first-order chi connectivity index (χ1) is 32.2. The molecular formula is C52H68N6O9. The number of amides is 3. The van der Waals surface area contributed by atoms with Crippen molar-refractivity contribution in [3.8, 4) is 11.5 Å². The maximum Gasteiger partial charge on any atom is 0.412 e. The van der Waals surface area contributed by atoms with Crippen LogP contribution in [0.15, 0.2) is 84.9 Å². The molecule has 360 valence electrons. The van der Waals surface area contributed by atoms with Gasteiger partial charge in [-0.1, -0.05) is 60.4 Å². The molecule has 15 nitrogen and oxygen atoms in total. The second-order valence-electron chi connectivity index (χ2n) is 18.0. The third-order valence-corrected chi connectivity index (χ3v) is 13.1. The van der Waals surface area contributed by atoms with E-state index in [9.17, 15) is 19.2 Å². The Bertz CT molecular complexity index is 2260. The van der Waals surface area contributed by atoms with Crippen molar-refractivity contribution in [3.05, 3.63) is 118 Å². The summed E-state index contributed by atoms with van der Waals surface area (Å²) in [6, 6.07) is 27.1. The quantitative estimate of drug-likeness (QED) is 0.0959. The molecule has 4 unspecified atom stereocenters. The number of piperidine rings is 4. The molecule has 4 aliphatic heterocycles. The lowest BCUT2D eigenvalue weighted by Gasteiger charge is -2.48. The van der Waals surface area contributed by atoms with Gasteiger partial charge in [-0.2, -0.15) is 0 Å². The molecule has 67 heavy (non-hydrogen) atoms. The van der Waals surface area contributed by atoms with Crippen molar-refractivity contribution in [1.82, 2.24) is 15.1 Å². The van der Waals surface area contributed by atoms with E-state index in [1.165, 1.54) is 6.42 Å². The van der Waals surface area contributed by atoms with Crippen LogP contribution in [0.25, 0.3) is 0 Å². The van der Waals surface area contributed by atoms with Crippen LogP contribution in [0.3, 0.4) is 0 Å². The number of benzene rings is 4. The van der Waals surface area contributed by atoms with Gasteiger partial charge in [-0.25, -0.2) is 14.4 Å². The lowest BCUT2D eigenvalue weighted by atomic mass is 9.83. The number of anilines is 2. The minimum Gasteiger partial charge on any atom is -0.495 e. The standard InChI is InChI=1S/C26H33N3O4.C18H27N3O3.C8H8O2/c1-17-7-10-19(11-8-17)25(30)27-16-29-20-5-4-6-21(29)15-22(14-20)33-26(31)28-23-13-18(2)9-12-24(23)32-3;1-12-6-7-17(23-2)16(8-12)20-18(22)24-15-9-13-4-3-5-14(10-15)21(13)11-19;1-6-2-4-7(5-3-6)8(9)10/h7-13,20-22H,4-6,14-16H2,1-3H3,(H,27,30)(H,28,31);6-8,13-15H,3-5,9-11,19H2,1-2H3,(H,20,22);2-5H,1H3,(H,9,10). The Morgan fingerprint density at radius 3 is 1.36 bits per heavy atom. The summed E-state index contributed by atoms with van der Waals surface area (Å²) in [6.45, 7) is 8.97. The molecule has 0 radical (unpaired) electrons. The number of fused-ring (bicyclic) bond motifs is 4. The van der Waals surface area contributed by atoms with Gasteiger partial charge in [0.2, 0.25) is 0 Å². The molecule has 3 amide bonds. The van der Waals surface area contributed by atoms with Crippen LogP contribution in [0.5, 0.6) is 11.5 Å². The van der Waals surface area contributed by atoms with Crippen LogP contribution in [-0.4, -0.2) is 103 Å². The van der Waals surface area contributed by atoms with Gasteiger partial charge < -0.3 is 35.1 Å². The molecule has 0 aliphatic carbocycles. The van der Waals surface area contributed by atoms with E-state index in [0.717, 1.165) is 80.0 Å². The minimum absolute atomic E-state index is 0.0427. The normalized spacial score (nSPS) is 22.0. The molecule has 4 bridgehead atoms. The van der Waals surface area contributed by atoms with E-state index in [1.807, 2.05) is 88.4 Å². The summed E-state index contributed by atoms with van der Waals surface area (Å²) < 4.78 is 22.1. The van der Waals surface area contributed by atoms with Gasteiger partial charge >= 0.3 is 18.2 Å². The van der Waals surface area contributed by atoms with Crippen molar-refractivity contribution in [2.75, 3.05) is 38.2 Å². The van der Waals surface area contributed by atoms with Crippen molar-refractivity contribution in [1.29, 1.82) is 0 Å². The maximum atomic E-state index is 12.6. The van der Waals surface area contributed by atoms with Gasteiger partial charge in [0.25, 0.3) is 5.91 Å². The van der Waals surface area contributed by atoms with E-state index in [1.54, 1.807) is 38.5 Å². The number of hydrogen-bond donors (Lipinski definition) is 5. The largest absolute Gasteiger partial charge is 0.495 e. The summed E-state index contributed by atoms with van der Waals surface area (Å²) >= 11 is 0. The average molecular weight is 921 g/mol. The molecule has 4 aromatic rings. The first kappa shape index (κ1) is 50.3. The van der Waals surface area contributed by atoms with Crippen molar-refractivity contribution in [2.45, 2.75) is 128 Å². The van der Waals surface area contributed by atoms with E-state index in [2.05, 4.69) is 25.8 Å². The number of carboxylic acid groups (broad SMARTS) is 1. The van der Waals surface area contributed by atoms with Crippen molar-refractivity contribution in [3.63, 3.8) is 0 Å². The van der Waals surface area contributed by atoms with Gasteiger partial charge in [0.1, 0.15) is 23.7 Å². The van der Waals surface area contributed by atoms with Crippen LogP contribution in [0.4, 0.5) is 21.0 Å². The van der Waals surface area contributed by atoms with Gasteiger partial charge in [-0.3, -0.25) is 25.2 Å². The Morgan fingerprint density at radius 2 is 0.970 bits per heavy atom. The number of aromatic carboxylic acids is 1. The smallest absolute Gasteiger partial charge is 0.412 e. The summed E-state index contributed by atoms with van der Waals surface area (Å²) in [4.78, 5) is 52.5. The van der Waals surface area contributed by atoms with Gasteiger partial charge in [0.15, 0.2) is 0 Å². The van der Waals surface area contributed by atoms with Gasteiger partial charge in [-0.05, 0) is 113 Å². The van der Waals surface area contributed by atoms with Crippen molar-refractivity contribution >= 4 is 35.4 Å². The number of nitrogens with zero attached hydrogens (tertiary/aromatic N) is 2. The topological polar surface area (TPSA) is 194 Å². The Kier molecular flexibility index (Phi) is 18.0. The van der Waals surface area contributed by atoms with Crippen LogP contribution in [-0.2, 0) is 9.47 Å².